The van der Waals surface area contributed by atoms with Crippen molar-refractivity contribution >= 4 is 0 Å². The molecule has 0 spiro atoms. The van der Waals surface area contributed by atoms with Crippen molar-refractivity contribution in [2.75, 3.05) is 6.54 Å². The minimum absolute atomic E-state index is 0.263. The fraction of sp³-hybridized carbons (Fsp3) is 0.733. The van der Waals surface area contributed by atoms with Gasteiger partial charge in [0.1, 0.15) is 5.82 Å². The van der Waals surface area contributed by atoms with Crippen molar-refractivity contribution in [3.8, 4) is 0 Å². The van der Waals surface area contributed by atoms with Crippen LogP contribution in [0.2, 0.25) is 0 Å². The second kappa shape index (κ2) is 4.96. The van der Waals surface area contributed by atoms with Gasteiger partial charge in [-0.05, 0) is 39.2 Å². The summed E-state index contributed by atoms with van der Waals surface area (Å²) in [6, 6.07) is 0. The molecule has 0 amide bonds. The van der Waals surface area contributed by atoms with Gasteiger partial charge in [0.05, 0.1) is 0 Å². The number of nitrogens with zero attached hydrogens (tertiary/aromatic N) is 2. The topological polar surface area (TPSA) is 37.8 Å². The van der Waals surface area contributed by atoms with Gasteiger partial charge in [-0.2, -0.15) is 0 Å². The maximum absolute atomic E-state index is 4.71. The van der Waals surface area contributed by atoms with Gasteiger partial charge in [0.2, 0.25) is 0 Å². The second-order valence-electron chi connectivity index (χ2n) is 6.28. The third-order valence-corrected chi connectivity index (χ3v) is 3.81. The highest BCUT2D eigenvalue weighted by Gasteiger charge is 2.42. The third-order valence-electron chi connectivity index (χ3n) is 3.81. The molecule has 18 heavy (non-hydrogen) atoms. The molecule has 0 radical (unpaired) electrons. The van der Waals surface area contributed by atoms with Gasteiger partial charge in [0, 0.05) is 28.9 Å². The number of rotatable bonds is 5. The van der Waals surface area contributed by atoms with E-state index in [1.807, 2.05) is 0 Å². The van der Waals surface area contributed by atoms with Gasteiger partial charge in [0.25, 0.3) is 0 Å². The Morgan fingerprint density at radius 3 is 2.17 bits per heavy atom. The zero-order valence-corrected chi connectivity index (χ0v) is 12.3. The van der Waals surface area contributed by atoms with Crippen LogP contribution in [-0.4, -0.2) is 16.5 Å². The molecule has 1 aliphatic rings. The summed E-state index contributed by atoms with van der Waals surface area (Å²) in [6.07, 6.45) is 2.47. The molecule has 1 N–H and O–H groups in total. The van der Waals surface area contributed by atoms with E-state index >= 15 is 0 Å². The van der Waals surface area contributed by atoms with Crippen LogP contribution < -0.4 is 5.32 Å². The standard InChI is InChI=1S/C15H25N3/c1-10(2)8-16-9-13-11(3)17-14(18-12(13)4)15(5)6-7-15/h10,16H,6-9H2,1-5H3. The largest absolute Gasteiger partial charge is 0.312 e. The molecule has 1 fully saturated rings. The predicted molar refractivity (Wildman–Crippen MR) is 74.6 cm³/mol. The van der Waals surface area contributed by atoms with E-state index in [2.05, 4.69) is 39.9 Å². The molecule has 1 aromatic heterocycles. The minimum Gasteiger partial charge on any atom is -0.312 e. The highest BCUT2D eigenvalue weighted by atomic mass is 14.9. The maximum atomic E-state index is 4.71. The van der Waals surface area contributed by atoms with Crippen LogP contribution in [0.4, 0.5) is 0 Å². The molecule has 100 valence electrons. The Balaban J connectivity index is 2.11. The van der Waals surface area contributed by atoms with E-state index in [9.17, 15) is 0 Å². The average molecular weight is 247 g/mol. The molecule has 0 aliphatic heterocycles. The summed E-state index contributed by atoms with van der Waals surface area (Å²) >= 11 is 0. The Morgan fingerprint density at radius 1 is 1.17 bits per heavy atom. The molecule has 0 unspecified atom stereocenters. The van der Waals surface area contributed by atoms with Crippen LogP contribution in [0.3, 0.4) is 0 Å². The third kappa shape index (κ3) is 2.89. The lowest BCUT2D eigenvalue weighted by molar-refractivity contribution is 0.547. The first kappa shape index (κ1) is 13.5. The lowest BCUT2D eigenvalue weighted by Gasteiger charge is -2.15. The second-order valence-corrected chi connectivity index (χ2v) is 6.28. The van der Waals surface area contributed by atoms with E-state index in [1.165, 1.54) is 18.4 Å². The van der Waals surface area contributed by atoms with Crippen molar-refractivity contribution in [1.29, 1.82) is 0 Å². The van der Waals surface area contributed by atoms with Gasteiger partial charge >= 0.3 is 0 Å². The van der Waals surface area contributed by atoms with Crippen molar-refractivity contribution in [3.63, 3.8) is 0 Å². The van der Waals surface area contributed by atoms with Crippen molar-refractivity contribution in [3.05, 3.63) is 22.8 Å². The summed E-state index contributed by atoms with van der Waals surface area (Å²) in [7, 11) is 0. The normalized spacial score (nSPS) is 17.2. The molecule has 0 atom stereocenters. The van der Waals surface area contributed by atoms with Crippen molar-refractivity contribution in [2.45, 2.75) is 59.4 Å². The lowest BCUT2D eigenvalue weighted by Crippen LogP contribution is -2.22. The van der Waals surface area contributed by atoms with Crippen LogP contribution in [0, 0.1) is 19.8 Å². The molecule has 0 bridgehead atoms. The van der Waals surface area contributed by atoms with Gasteiger partial charge in [-0.1, -0.05) is 20.8 Å². The maximum Gasteiger partial charge on any atom is 0.134 e. The van der Waals surface area contributed by atoms with E-state index in [0.717, 1.165) is 30.3 Å². The first-order valence-corrected chi connectivity index (χ1v) is 6.98. The van der Waals surface area contributed by atoms with Crippen LogP contribution in [0.1, 0.15) is 56.4 Å². The quantitative estimate of drug-likeness (QED) is 0.869. The smallest absolute Gasteiger partial charge is 0.134 e. The minimum atomic E-state index is 0.263. The Bertz CT molecular complexity index is 410. The van der Waals surface area contributed by atoms with Crippen LogP contribution in [0.25, 0.3) is 0 Å². The van der Waals surface area contributed by atoms with E-state index in [-0.39, 0.29) is 5.41 Å². The first-order chi connectivity index (χ1) is 8.42. The first-order valence-electron chi connectivity index (χ1n) is 6.98. The lowest BCUT2D eigenvalue weighted by atomic mass is 10.1. The molecule has 2 rings (SSSR count). The summed E-state index contributed by atoms with van der Waals surface area (Å²) in [5, 5.41) is 3.48. The van der Waals surface area contributed by atoms with Crippen LogP contribution >= 0.6 is 0 Å². The van der Waals surface area contributed by atoms with Crippen molar-refractivity contribution in [1.82, 2.24) is 15.3 Å². The summed E-state index contributed by atoms with van der Waals surface area (Å²) in [4.78, 5) is 9.43. The van der Waals surface area contributed by atoms with E-state index in [1.54, 1.807) is 0 Å². The summed E-state index contributed by atoms with van der Waals surface area (Å²) < 4.78 is 0. The Labute approximate surface area is 110 Å². The monoisotopic (exact) mass is 247 g/mol. The zero-order chi connectivity index (χ0) is 13.3. The highest BCUT2D eigenvalue weighted by molar-refractivity contribution is 5.28. The summed E-state index contributed by atoms with van der Waals surface area (Å²) in [6.45, 7) is 12.8. The number of aromatic nitrogens is 2. The number of hydrogen-bond donors (Lipinski definition) is 1. The van der Waals surface area contributed by atoms with Crippen LogP contribution in [0.15, 0.2) is 0 Å². The van der Waals surface area contributed by atoms with Gasteiger partial charge in [0.15, 0.2) is 0 Å². The molecule has 1 heterocycles. The average Bonchev–Trinajstić information content (AvgIpc) is 3.01. The van der Waals surface area contributed by atoms with Gasteiger partial charge in [-0.25, -0.2) is 9.97 Å². The van der Waals surface area contributed by atoms with Crippen molar-refractivity contribution < 1.29 is 0 Å². The molecular weight excluding hydrogens is 222 g/mol. The number of nitrogens with one attached hydrogen (secondary N) is 1. The SMILES string of the molecule is Cc1nc(C2(C)CC2)nc(C)c1CNCC(C)C. The Kier molecular flexibility index (Phi) is 3.71. The van der Waals surface area contributed by atoms with Gasteiger partial charge in [-0.3, -0.25) is 0 Å². The summed E-state index contributed by atoms with van der Waals surface area (Å²) in [5.41, 5.74) is 3.81. The van der Waals surface area contributed by atoms with Gasteiger partial charge in [-0.15, -0.1) is 0 Å². The molecule has 3 heteroatoms. The fourth-order valence-corrected chi connectivity index (χ4v) is 2.16. The molecule has 0 aromatic carbocycles. The highest BCUT2D eigenvalue weighted by Crippen LogP contribution is 2.46. The molecule has 1 saturated carbocycles. The molecule has 0 saturated heterocycles. The Morgan fingerprint density at radius 2 is 1.72 bits per heavy atom. The fourth-order valence-electron chi connectivity index (χ4n) is 2.16. The van der Waals surface area contributed by atoms with E-state index in [0.29, 0.717) is 5.92 Å². The molecule has 1 aromatic rings. The number of hydrogen-bond acceptors (Lipinski definition) is 3. The molecular formula is C15H25N3. The summed E-state index contributed by atoms with van der Waals surface area (Å²) in [5.74, 6) is 1.72. The van der Waals surface area contributed by atoms with Crippen molar-refractivity contribution in [2.24, 2.45) is 5.92 Å². The van der Waals surface area contributed by atoms with Gasteiger partial charge < -0.3 is 5.32 Å². The van der Waals surface area contributed by atoms with E-state index in [4.69, 9.17) is 9.97 Å². The predicted octanol–water partition coefficient (Wildman–Crippen LogP) is 2.89. The molecule has 3 nitrogen and oxygen atoms in total. The van der Waals surface area contributed by atoms with Crippen LogP contribution in [-0.2, 0) is 12.0 Å². The molecule has 1 aliphatic carbocycles. The zero-order valence-electron chi connectivity index (χ0n) is 12.3. The van der Waals surface area contributed by atoms with Crippen LogP contribution in [0.5, 0.6) is 0 Å². The number of aryl methyl sites for hydroxylation is 2. The Hall–Kier alpha value is -0.960. The van der Waals surface area contributed by atoms with E-state index < -0.39 is 0 Å².